The van der Waals surface area contributed by atoms with Crippen LogP contribution in [0.3, 0.4) is 0 Å². The van der Waals surface area contributed by atoms with Crippen LogP contribution in [-0.4, -0.2) is 74.5 Å². The van der Waals surface area contributed by atoms with Gasteiger partial charge in [0.05, 0.1) is 12.4 Å². The van der Waals surface area contributed by atoms with Crippen LogP contribution in [0.1, 0.15) is 111 Å². The lowest BCUT2D eigenvalue weighted by molar-refractivity contribution is -0.123. The molecule has 13 nitrogen and oxygen atoms in total. The van der Waals surface area contributed by atoms with Gasteiger partial charge in [0.2, 0.25) is 23.6 Å². The van der Waals surface area contributed by atoms with Gasteiger partial charge in [0, 0.05) is 63.9 Å². The van der Waals surface area contributed by atoms with Gasteiger partial charge in [-0.3, -0.25) is 23.4 Å². The molecule has 8 rings (SSSR count). The molecule has 4 amide bonds. The first-order valence-electron chi connectivity index (χ1n) is 22.3. The SMILES string of the molecule is CS(=O)c1cccc(Oc2ncc(F)cc2C(=O)NC2CCC(NC(=O)CC3CC3)CC2)c1.CSc1cccc(Oc2ncc(F)cc2C(=O)NC2CCC(NC(=O)CC3CC3)CC2)c1. The summed E-state index contributed by atoms with van der Waals surface area (Å²) in [7, 11) is -1.19. The zero-order valence-electron chi connectivity index (χ0n) is 36.6. The summed E-state index contributed by atoms with van der Waals surface area (Å²) in [6.45, 7) is 0. The molecule has 1 atom stereocenters. The highest BCUT2D eigenvalue weighted by atomic mass is 32.2. The molecule has 346 valence electrons. The number of hydrogen-bond acceptors (Lipinski definition) is 10. The van der Waals surface area contributed by atoms with Crippen LogP contribution in [0.4, 0.5) is 8.78 Å². The van der Waals surface area contributed by atoms with E-state index in [9.17, 15) is 32.2 Å². The van der Waals surface area contributed by atoms with E-state index in [2.05, 4.69) is 31.2 Å². The van der Waals surface area contributed by atoms with E-state index >= 15 is 0 Å². The minimum Gasteiger partial charge on any atom is -0.438 e. The Morgan fingerprint density at radius 1 is 0.615 bits per heavy atom. The van der Waals surface area contributed by atoms with E-state index in [0.29, 0.717) is 41.1 Å². The summed E-state index contributed by atoms with van der Waals surface area (Å²) in [4.78, 5) is 59.4. The zero-order valence-corrected chi connectivity index (χ0v) is 38.2. The van der Waals surface area contributed by atoms with Crippen molar-refractivity contribution in [1.29, 1.82) is 0 Å². The first-order valence-corrected chi connectivity index (χ1v) is 25.1. The molecular formula is C48H56F2N6O7S2. The van der Waals surface area contributed by atoms with E-state index in [1.165, 1.54) is 0 Å². The monoisotopic (exact) mass is 930 g/mol. The van der Waals surface area contributed by atoms with Crippen LogP contribution in [0.5, 0.6) is 23.3 Å². The molecule has 4 aliphatic rings. The van der Waals surface area contributed by atoms with Gasteiger partial charge in [0.15, 0.2) is 0 Å². The third kappa shape index (κ3) is 14.8. The molecule has 4 aromatic rings. The lowest BCUT2D eigenvalue weighted by Gasteiger charge is -2.29. The number of carbonyl (C=O) groups excluding carboxylic acids is 4. The van der Waals surface area contributed by atoms with E-state index in [1.807, 2.05) is 24.5 Å². The first-order chi connectivity index (χ1) is 31.4. The van der Waals surface area contributed by atoms with Gasteiger partial charge in [-0.05, 0) is 144 Å². The fourth-order valence-electron chi connectivity index (χ4n) is 7.98. The Kier molecular flexibility index (Phi) is 16.6. The first kappa shape index (κ1) is 47.5. The highest BCUT2D eigenvalue weighted by Crippen LogP contribution is 2.34. The quantitative estimate of drug-likeness (QED) is 0.0798. The van der Waals surface area contributed by atoms with Crippen LogP contribution in [-0.2, 0) is 20.4 Å². The van der Waals surface area contributed by atoms with Crippen LogP contribution in [0, 0.1) is 23.5 Å². The van der Waals surface area contributed by atoms with E-state index < -0.39 is 34.2 Å². The standard InChI is InChI=1S/C24H28FN3O4S.C24H28FN3O3S/c1-33(31)20-4-2-3-19(13-20)32-24-21(12-16(25)14-26-24)23(30)28-18-9-7-17(8-10-18)27-22(29)11-15-5-6-15;1-32-20-4-2-3-19(13-20)31-24-21(12-16(25)14-26-24)23(30)28-18-9-7-17(8-10-18)27-22(29)11-15-5-6-15/h2-4,12-15,17-18H,5-11H2,1H3,(H,27,29)(H,28,30);2-4,12-15,17-18H,5-11H2,1H3,(H,27,29)(H,28,30). The molecule has 0 bridgehead atoms. The molecule has 65 heavy (non-hydrogen) atoms. The van der Waals surface area contributed by atoms with Crippen molar-refractivity contribution in [3.63, 3.8) is 0 Å². The smallest absolute Gasteiger partial charge is 0.257 e. The lowest BCUT2D eigenvalue weighted by Crippen LogP contribution is -2.44. The van der Waals surface area contributed by atoms with E-state index in [0.717, 1.165) is 106 Å². The summed E-state index contributed by atoms with van der Waals surface area (Å²) in [5.74, 6) is 0.228. The summed E-state index contributed by atoms with van der Waals surface area (Å²) < 4.78 is 51.0. The van der Waals surface area contributed by atoms with Crippen molar-refractivity contribution >= 4 is 46.2 Å². The van der Waals surface area contributed by atoms with Gasteiger partial charge in [0.1, 0.15) is 34.3 Å². The number of carbonyl (C=O) groups is 4. The molecule has 4 aliphatic carbocycles. The summed E-state index contributed by atoms with van der Waals surface area (Å²) in [5.41, 5.74) is 0.0669. The third-order valence-electron chi connectivity index (χ3n) is 11.9. The van der Waals surface area contributed by atoms with Gasteiger partial charge in [-0.15, -0.1) is 11.8 Å². The molecular weight excluding hydrogens is 875 g/mol. The molecule has 4 N–H and O–H groups in total. The minimum atomic E-state index is -1.19. The molecule has 2 aromatic heterocycles. The normalized spacial score (nSPS) is 20.8. The zero-order chi connectivity index (χ0) is 45.9. The molecule has 0 spiro atoms. The van der Waals surface area contributed by atoms with Crippen molar-refractivity contribution in [1.82, 2.24) is 31.2 Å². The summed E-state index contributed by atoms with van der Waals surface area (Å²) in [6, 6.07) is 16.5. The average Bonchev–Trinajstić information content (AvgIpc) is 4.25. The number of benzene rings is 2. The van der Waals surface area contributed by atoms with Gasteiger partial charge < -0.3 is 30.7 Å². The van der Waals surface area contributed by atoms with Crippen molar-refractivity contribution in [2.75, 3.05) is 12.5 Å². The topological polar surface area (TPSA) is 178 Å². The molecule has 17 heteroatoms. The van der Waals surface area contributed by atoms with Crippen molar-refractivity contribution in [3.8, 4) is 23.3 Å². The highest BCUT2D eigenvalue weighted by molar-refractivity contribution is 7.98. The van der Waals surface area contributed by atoms with Crippen molar-refractivity contribution in [2.45, 2.75) is 124 Å². The number of pyridine rings is 2. The van der Waals surface area contributed by atoms with E-state index in [-0.39, 0.29) is 58.9 Å². The van der Waals surface area contributed by atoms with Crippen molar-refractivity contribution in [3.05, 3.63) is 95.8 Å². The van der Waals surface area contributed by atoms with Crippen molar-refractivity contribution < 1.29 is 41.6 Å². The van der Waals surface area contributed by atoms with Crippen LogP contribution in [0.15, 0.2) is 82.8 Å². The van der Waals surface area contributed by atoms with Gasteiger partial charge in [-0.1, -0.05) is 12.1 Å². The number of rotatable bonds is 16. The second-order valence-electron chi connectivity index (χ2n) is 17.3. The van der Waals surface area contributed by atoms with Crippen LogP contribution < -0.4 is 30.7 Å². The molecule has 0 aliphatic heterocycles. The summed E-state index contributed by atoms with van der Waals surface area (Å²) in [5, 5.41) is 12.1. The van der Waals surface area contributed by atoms with Gasteiger partial charge >= 0.3 is 0 Å². The lowest BCUT2D eigenvalue weighted by atomic mass is 9.91. The molecule has 2 heterocycles. The Labute approximate surface area is 384 Å². The number of amides is 4. The third-order valence-corrected chi connectivity index (χ3v) is 13.6. The number of aromatic nitrogens is 2. The second kappa shape index (κ2) is 22.7. The van der Waals surface area contributed by atoms with Gasteiger partial charge in [0.25, 0.3) is 11.8 Å². The summed E-state index contributed by atoms with van der Waals surface area (Å²) >= 11 is 1.57. The number of halogens is 2. The highest BCUT2D eigenvalue weighted by Gasteiger charge is 2.30. The summed E-state index contributed by atoms with van der Waals surface area (Å²) in [6.07, 6.45) is 17.6. The number of hydrogen-bond donors (Lipinski definition) is 4. The molecule has 4 saturated carbocycles. The number of nitrogens with one attached hydrogen (secondary N) is 4. The average molecular weight is 931 g/mol. The maximum absolute atomic E-state index is 13.9. The van der Waals surface area contributed by atoms with Gasteiger partial charge in [-0.2, -0.15) is 0 Å². The Balaban J connectivity index is 0.000000194. The molecule has 0 radical (unpaired) electrons. The minimum absolute atomic E-state index is 0.00196. The van der Waals surface area contributed by atoms with E-state index in [4.69, 9.17) is 9.47 Å². The maximum atomic E-state index is 13.9. The molecule has 2 aromatic carbocycles. The maximum Gasteiger partial charge on any atom is 0.257 e. The molecule has 4 fully saturated rings. The van der Waals surface area contributed by atoms with Gasteiger partial charge in [-0.25, -0.2) is 18.7 Å². The Hall–Kier alpha value is -5.42. The molecule has 0 saturated heterocycles. The largest absolute Gasteiger partial charge is 0.438 e. The van der Waals surface area contributed by atoms with Crippen LogP contribution in [0.2, 0.25) is 0 Å². The number of nitrogens with zero attached hydrogens (tertiary/aromatic N) is 2. The second-order valence-corrected chi connectivity index (χ2v) is 19.6. The fourth-order valence-corrected chi connectivity index (χ4v) is 8.98. The van der Waals surface area contributed by atoms with E-state index in [1.54, 1.807) is 48.3 Å². The number of ether oxygens (including phenoxy) is 2. The fraction of sp³-hybridized carbons (Fsp3) is 0.458. The van der Waals surface area contributed by atoms with Crippen LogP contribution in [0.25, 0.3) is 0 Å². The van der Waals surface area contributed by atoms with Crippen molar-refractivity contribution in [2.24, 2.45) is 11.8 Å². The number of thioether (sulfide) groups is 1. The Morgan fingerprint density at radius 3 is 1.45 bits per heavy atom. The Bertz CT molecular complexity index is 2350. The van der Waals surface area contributed by atoms with Crippen LogP contribution >= 0.6 is 11.8 Å². The molecule has 1 unspecified atom stereocenters. The Morgan fingerprint density at radius 2 is 1.03 bits per heavy atom. The predicted octanol–water partition coefficient (Wildman–Crippen LogP) is 8.40. The predicted molar refractivity (Wildman–Crippen MR) is 244 cm³/mol.